The molecule has 0 saturated heterocycles. The van der Waals surface area contributed by atoms with Crippen LogP contribution in [0, 0.1) is 4.77 Å². The second kappa shape index (κ2) is 3.68. The van der Waals surface area contributed by atoms with Crippen LogP contribution in [0.15, 0.2) is 24.3 Å². The molecule has 1 aliphatic heterocycles. The van der Waals surface area contributed by atoms with Gasteiger partial charge in [0.15, 0.2) is 4.77 Å². The summed E-state index contributed by atoms with van der Waals surface area (Å²) in [6, 6.07) is 8.71. The molecule has 2 aromatic rings. The van der Waals surface area contributed by atoms with E-state index in [0.717, 1.165) is 16.3 Å². The van der Waals surface area contributed by atoms with Crippen LogP contribution < -0.4 is 4.74 Å². The molecule has 0 amide bonds. The second-order valence-corrected chi connectivity index (χ2v) is 5.28. The van der Waals surface area contributed by atoms with E-state index in [1.807, 2.05) is 18.2 Å². The van der Waals surface area contributed by atoms with Crippen LogP contribution in [0.1, 0.15) is 36.2 Å². The minimum atomic E-state index is 0.203. The fourth-order valence-corrected chi connectivity index (χ4v) is 2.91. The summed E-state index contributed by atoms with van der Waals surface area (Å²) in [7, 11) is 0. The number of rotatable bonds is 2. The van der Waals surface area contributed by atoms with Crippen LogP contribution in [0.4, 0.5) is 0 Å². The van der Waals surface area contributed by atoms with Crippen molar-refractivity contribution in [2.24, 2.45) is 0 Å². The molecule has 2 heterocycles. The van der Waals surface area contributed by atoms with Crippen LogP contribution in [0.2, 0.25) is 0 Å². The topological polar surface area (TPSA) is 42.8 Å². The highest BCUT2D eigenvalue weighted by molar-refractivity contribution is 7.71. The Hall–Kier alpha value is -1.62. The molecule has 1 aliphatic carbocycles. The van der Waals surface area contributed by atoms with E-state index in [2.05, 4.69) is 20.8 Å². The van der Waals surface area contributed by atoms with Gasteiger partial charge in [-0.3, -0.25) is 5.10 Å². The zero-order chi connectivity index (χ0) is 12.1. The minimum absolute atomic E-state index is 0.203. The lowest BCUT2D eigenvalue weighted by molar-refractivity contribution is 0.337. The van der Waals surface area contributed by atoms with Gasteiger partial charge in [0.05, 0.1) is 5.92 Å². The standard InChI is InChI=1S/C13H13N3OS/c18-13-15-14-12(16(13)8-5-6-8)10-7-17-11-4-2-1-3-9(10)11/h1-4,8,10H,5-7H2,(H,15,18). The van der Waals surface area contributed by atoms with E-state index >= 15 is 0 Å². The van der Waals surface area contributed by atoms with Crippen molar-refractivity contribution in [1.82, 2.24) is 14.8 Å². The third-order valence-corrected chi connectivity index (χ3v) is 3.94. The number of H-pyrrole nitrogens is 1. The fraction of sp³-hybridized carbons (Fsp3) is 0.385. The van der Waals surface area contributed by atoms with E-state index in [1.165, 1.54) is 18.4 Å². The molecule has 1 fully saturated rings. The van der Waals surface area contributed by atoms with Gasteiger partial charge in [0.2, 0.25) is 0 Å². The number of hydrogen-bond donors (Lipinski definition) is 1. The number of para-hydroxylation sites is 1. The monoisotopic (exact) mass is 259 g/mol. The van der Waals surface area contributed by atoms with Gasteiger partial charge in [-0.15, -0.1) is 0 Å². The number of hydrogen-bond acceptors (Lipinski definition) is 3. The zero-order valence-corrected chi connectivity index (χ0v) is 10.6. The summed E-state index contributed by atoms with van der Waals surface area (Å²) in [6.45, 7) is 0.658. The van der Waals surface area contributed by atoms with Crippen LogP contribution in [-0.4, -0.2) is 21.4 Å². The SMILES string of the molecule is S=c1[nH]nc(C2COc3ccccc32)n1C1CC1. The molecule has 4 rings (SSSR count). The van der Waals surface area contributed by atoms with Gasteiger partial charge in [-0.05, 0) is 31.1 Å². The van der Waals surface area contributed by atoms with Gasteiger partial charge in [-0.1, -0.05) is 18.2 Å². The molecule has 1 aromatic carbocycles. The maximum absolute atomic E-state index is 5.73. The molecule has 1 N–H and O–H groups in total. The second-order valence-electron chi connectivity index (χ2n) is 4.89. The maximum Gasteiger partial charge on any atom is 0.195 e. The Morgan fingerprint density at radius 1 is 1.33 bits per heavy atom. The fourth-order valence-electron chi connectivity index (χ4n) is 2.62. The van der Waals surface area contributed by atoms with Crippen molar-refractivity contribution < 1.29 is 4.74 Å². The van der Waals surface area contributed by atoms with Crippen molar-refractivity contribution >= 4 is 12.2 Å². The Labute approximate surface area is 110 Å². The summed E-state index contributed by atoms with van der Waals surface area (Å²) in [4.78, 5) is 0. The summed E-state index contributed by atoms with van der Waals surface area (Å²) in [5, 5.41) is 7.35. The van der Waals surface area contributed by atoms with E-state index < -0.39 is 0 Å². The highest BCUT2D eigenvalue weighted by atomic mass is 32.1. The van der Waals surface area contributed by atoms with Gasteiger partial charge in [0, 0.05) is 11.6 Å². The molecule has 1 saturated carbocycles. The average Bonchev–Trinajstić information content (AvgIpc) is 3.02. The zero-order valence-electron chi connectivity index (χ0n) is 9.80. The summed E-state index contributed by atoms with van der Waals surface area (Å²) in [5.41, 5.74) is 1.22. The van der Waals surface area contributed by atoms with Gasteiger partial charge < -0.3 is 9.30 Å². The molecule has 0 spiro atoms. The first-order valence-corrected chi connectivity index (χ1v) is 6.64. The van der Waals surface area contributed by atoms with E-state index in [9.17, 15) is 0 Å². The van der Waals surface area contributed by atoms with Crippen LogP contribution in [0.5, 0.6) is 5.75 Å². The van der Waals surface area contributed by atoms with Gasteiger partial charge in [-0.25, -0.2) is 0 Å². The Morgan fingerprint density at radius 3 is 3.00 bits per heavy atom. The first-order valence-electron chi connectivity index (χ1n) is 6.23. The van der Waals surface area contributed by atoms with Crippen LogP contribution in [0.25, 0.3) is 0 Å². The lowest BCUT2D eigenvalue weighted by Crippen LogP contribution is -2.11. The normalized spacial score (nSPS) is 21.7. The highest BCUT2D eigenvalue weighted by Crippen LogP contribution is 2.41. The van der Waals surface area contributed by atoms with Crippen molar-refractivity contribution in [3.05, 3.63) is 40.4 Å². The summed E-state index contributed by atoms with van der Waals surface area (Å²) >= 11 is 5.33. The molecule has 4 nitrogen and oxygen atoms in total. The predicted molar refractivity (Wildman–Crippen MR) is 69.5 cm³/mol. The number of nitrogens with one attached hydrogen (secondary N) is 1. The predicted octanol–water partition coefficient (Wildman–Crippen LogP) is 2.80. The quantitative estimate of drug-likeness (QED) is 0.843. The van der Waals surface area contributed by atoms with E-state index in [-0.39, 0.29) is 5.92 Å². The molecule has 18 heavy (non-hydrogen) atoms. The molecule has 0 radical (unpaired) electrons. The van der Waals surface area contributed by atoms with Crippen molar-refractivity contribution in [2.45, 2.75) is 24.8 Å². The Morgan fingerprint density at radius 2 is 2.17 bits per heavy atom. The Kier molecular flexibility index (Phi) is 2.11. The summed E-state index contributed by atoms with van der Waals surface area (Å²) in [6.07, 6.45) is 2.41. The van der Waals surface area contributed by atoms with Crippen molar-refractivity contribution in [2.75, 3.05) is 6.61 Å². The molecule has 5 heteroatoms. The number of aromatic amines is 1. The smallest absolute Gasteiger partial charge is 0.195 e. The largest absolute Gasteiger partial charge is 0.492 e. The molecule has 92 valence electrons. The van der Waals surface area contributed by atoms with Crippen LogP contribution in [0.3, 0.4) is 0 Å². The molecular weight excluding hydrogens is 246 g/mol. The van der Waals surface area contributed by atoms with Gasteiger partial charge >= 0.3 is 0 Å². The van der Waals surface area contributed by atoms with Gasteiger partial charge in [0.1, 0.15) is 18.2 Å². The summed E-state index contributed by atoms with van der Waals surface area (Å²) < 4.78 is 8.63. The highest BCUT2D eigenvalue weighted by Gasteiger charge is 2.34. The Balaban J connectivity index is 1.83. The van der Waals surface area contributed by atoms with E-state index in [1.54, 1.807) is 0 Å². The Bertz CT molecular complexity index is 656. The number of fused-ring (bicyclic) bond motifs is 1. The van der Waals surface area contributed by atoms with Crippen molar-refractivity contribution in [3.8, 4) is 5.75 Å². The molecule has 1 atom stereocenters. The van der Waals surface area contributed by atoms with Crippen LogP contribution in [-0.2, 0) is 0 Å². The molecule has 0 bridgehead atoms. The third-order valence-electron chi connectivity index (χ3n) is 3.66. The first kappa shape index (κ1) is 10.3. The molecule has 2 aliphatic rings. The third kappa shape index (κ3) is 1.43. The maximum atomic E-state index is 5.73. The molecule has 1 aromatic heterocycles. The summed E-state index contributed by atoms with van der Waals surface area (Å²) in [5.74, 6) is 2.20. The molecule has 1 unspecified atom stereocenters. The average molecular weight is 259 g/mol. The van der Waals surface area contributed by atoms with Gasteiger partial charge in [0.25, 0.3) is 0 Å². The van der Waals surface area contributed by atoms with E-state index in [0.29, 0.717) is 12.6 Å². The number of ether oxygens (including phenoxy) is 1. The minimum Gasteiger partial charge on any atom is -0.492 e. The lowest BCUT2D eigenvalue weighted by atomic mass is 10.0. The lowest BCUT2D eigenvalue weighted by Gasteiger charge is -2.10. The van der Waals surface area contributed by atoms with Gasteiger partial charge in [-0.2, -0.15) is 5.10 Å². The van der Waals surface area contributed by atoms with Crippen molar-refractivity contribution in [3.63, 3.8) is 0 Å². The van der Waals surface area contributed by atoms with E-state index in [4.69, 9.17) is 17.0 Å². The molecular formula is C13H13N3OS. The number of nitrogens with zero attached hydrogens (tertiary/aromatic N) is 2. The van der Waals surface area contributed by atoms with Crippen LogP contribution >= 0.6 is 12.2 Å². The first-order chi connectivity index (χ1) is 8.84. The number of aromatic nitrogens is 3. The van der Waals surface area contributed by atoms with Crippen molar-refractivity contribution in [1.29, 1.82) is 0 Å². The number of benzene rings is 1.